The Kier molecular flexibility index (Phi) is 2.45. The van der Waals surface area contributed by atoms with Gasteiger partial charge in [-0.3, -0.25) is 0 Å². The summed E-state index contributed by atoms with van der Waals surface area (Å²) in [5.74, 6) is 0.513. The second kappa shape index (κ2) is 3.75. The molecule has 0 aliphatic heterocycles. The number of nitrogens with two attached hydrogens (primary N) is 1. The van der Waals surface area contributed by atoms with E-state index in [4.69, 9.17) is 5.73 Å². The molecule has 0 aliphatic carbocycles. The third kappa shape index (κ3) is 1.61. The molecule has 0 radical (unpaired) electrons. The van der Waals surface area contributed by atoms with E-state index in [1.807, 2.05) is 12.1 Å². The van der Waals surface area contributed by atoms with E-state index in [0.29, 0.717) is 5.82 Å². The van der Waals surface area contributed by atoms with Gasteiger partial charge in [-0.15, -0.1) is 0 Å². The first-order valence-electron chi connectivity index (χ1n) is 4.48. The van der Waals surface area contributed by atoms with Crippen molar-refractivity contribution in [1.82, 2.24) is 8.75 Å². The van der Waals surface area contributed by atoms with Crippen LogP contribution in [0.5, 0.6) is 0 Å². The van der Waals surface area contributed by atoms with E-state index in [2.05, 4.69) is 27.8 Å². The van der Waals surface area contributed by atoms with Crippen molar-refractivity contribution in [2.75, 3.05) is 5.73 Å². The number of nitrogens with zero attached hydrogens (tertiary/aromatic N) is 2. The van der Waals surface area contributed by atoms with Gasteiger partial charge in [-0.05, 0) is 12.0 Å². The molecule has 1 aromatic carbocycles. The third-order valence-corrected chi connectivity index (χ3v) is 2.69. The molecule has 0 saturated carbocycles. The van der Waals surface area contributed by atoms with Crippen molar-refractivity contribution in [3.05, 3.63) is 29.8 Å². The summed E-state index contributed by atoms with van der Waals surface area (Å²) in [4.78, 5) is 0. The summed E-state index contributed by atoms with van der Waals surface area (Å²) >= 11 is 1.15. The van der Waals surface area contributed by atoms with E-state index in [-0.39, 0.29) is 0 Å². The van der Waals surface area contributed by atoms with Gasteiger partial charge in [0.05, 0.1) is 11.7 Å². The predicted octanol–water partition coefficient (Wildman–Crippen LogP) is 2.35. The van der Waals surface area contributed by atoms with E-state index >= 15 is 0 Å². The molecular weight excluding hydrogens is 194 g/mol. The number of nitrogen functional groups attached to an aromatic ring is 1. The maximum atomic E-state index is 5.68. The summed E-state index contributed by atoms with van der Waals surface area (Å²) in [5.41, 5.74) is 8.82. The van der Waals surface area contributed by atoms with Crippen LogP contribution in [0.25, 0.3) is 11.3 Å². The molecule has 1 heterocycles. The minimum Gasteiger partial charge on any atom is -0.381 e. The minimum absolute atomic E-state index is 0.513. The first-order chi connectivity index (χ1) is 6.81. The molecule has 0 atom stereocenters. The second-order valence-electron chi connectivity index (χ2n) is 3.05. The number of aromatic nitrogens is 2. The highest BCUT2D eigenvalue weighted by Crippen LogP contribution is 2.23. The highest BCUT2D eigenvalue weighted by molar-refractivity contribution is 6.99. The van der Waals surface area contributed by atoms with Crippen LogP contribution < -0.4 is 5.73 Å². The lowest BCUT2D eigenvalue weighted by Crippen LogP contribution is -1.88. The van der Waals surface area contributed by atoms with Crippen molar-refractivity contribution >= 4 is 17.5 Å². The lowest BCUT2D eigenvalue weighted by Gasteiger charge is -1.99. The highest BCUT2D eigenvalue weighted by atomic mass is 32.1. The molecule has 3 nitrogen and oxygen atoms in total. The molecule has 0 saturated heterocycles. The SMILES string of the molecule is CCc1ccc(-c2nsnc2N)cc1. The minimum atomic E-state index is 0.513. The molecule has 0 bridgehead atoms. The molecule has 72 valence electrons. The van der Waals surface area contributed by atoms with Gasteiger partial charge in [0.2, 0.25) is 0 Å². The average Bonchev–Trinajstić information content (AvgIpc) is 2.65. The lowest BCUT2D eigenvalue weighted by molar-refractivity contribution is 1.14. The fraction of sp³-hybridized carbons (Fsp3) is 0.200. The Morgan fingerprint density at radius 2 is 1.93 bits per heavy atom. The van der Waals surface area contributed by atoms with Crippen LogP contribution in [0.15, 0.2) is 24.3 Å². The fourth-order valence-corrected chi connectivity index (χ4v) is 1.79. The quantitative estimate of drug-likeness (QED) is 0.818. The highest BCUT2D eigenvalue weighted by Gasteiger charge is 2.06. The van der Waals surface area contributed by atoms with Gasteiger partial charge in [0.15, 0.2) is 5.82 Å². The summed E-state index contributed by atoms with van der Waals surface area (Å²) in [6, 6.07) is 8.25. The van der Waals surface area contributed by atoms with Crippen LogP contribution in [0, 0.1) is 0 Å². The smallest absolute Gasteiger partial charge is 0.165 e. The summed E-state index contributed by atoms with van der Waals surface area (Å²) in [6.45, 7) is 2.13. The number of hydrogen-bond donors (Lipinski definition) is 1. The van der Waals surface area contributed by atoms with Crippen LogP contribution in [-0.2, 0) is 6.42 Å². The second-order valence-corrected chi connectivity index (χ2v) is 3.58. The zero-order chi connectivity index (χ0) is 9.97. The van der Waals surface area contributed by atoms with Crippen LogP contribution >= 0.6 is 11.7 Å². The number of aryl methyl sites for hydroxylation is 1. The van der Waals surface area contributed by atoms with Crippen molar-refractivity contribution in [1.29, 1.82) is 0 Å². The van der Waals surface area contributed by atoms with E-state index in [1.54, 1.807) is 0 Å². The molecule has 2 N–H and O–H groups in total. The molecular formula is C10H11N3S. The van der Waals surface area contributed by atoms with Gasteiger partial charge in [-0.2, -0.15) is 8.75 Å². The Hall–Kier alpha value is -1.42. The number of hydrogen-bond acceptors (Lipinski definition) is 4. The van der Waals surface area contributed by atoms with Crippen LogP contribution in [0.1, 0.15) is 12.5 Å². The Balaban J connectivity index is 2.39. The zero-order valence-electron chi connectivity index (χ0n) is 7.90. The first-order valence-corrected chi connectivity index (χ1v) is 5.21. The molecule has 0 unspecified atom stereocenters. The molecule has 2 rings (SSSR count). The van der Waals surface area contributed by atoms with E-state index in [9.17, 15) is 0 Å². The average molecular weight is 205 g/mol. The largest absolute Gasteiger partial charge is 0.381 e. The van der Waals surface area contributed by atoms with Crippen molar-refractivity contribution in [3.8, 4) is 11.3 Å². The monoisotopic (exact) mass is 205 g/mol. The summed E-state index contributed by atoms with van der Waals surface area (Å²) in [7, 11) is 0. The van der Waals surface area contributed by atoms with Gasteiger partial charge >= 0.3 is 0 Å². The lowest BCUT2D eigenvalue weighted by atomic mass is 10.1. The van der Waals surface area contributed by atoms with Crippen molar-refractivity contribution in [2.45, 2.75) is 13.3 Å². The Morgan fingerprint density at radius 1 is 1.21 bits per heavy atom. The third-order valence-electron chi connectivity index (χ3n) is 2.15. The van der Waals surface area contributed by atoms with Gasteiger partial charge in [0.25, 0.3) is 0 Å². The maximum Gasteiger partial charge on any atom is 0.165 e. The van der Waals surface area contributed by atoms with Gasteiger partial charge in [0, 0.05) is 5.56 Å². The van der Waals surface area contributed by atoms with Gasteiger partial charge in [0.1, 0.15) is 5.69 Å². The molecule has 14 heavy (non-hydrogen) atoms. The molecule has 0 fully saturated rings. The zero-order valence-corrected chi connectivity index (χ0v) is 8.71. The topological polar surface area (TPSA) is 51.8 Å². The normalized spacial score (nSPS) is 10.4. The van der Waals surface area contributed by atoms with E-state index in [1.165, 1.54) is 5.56 Å². The summed E-state index contributed by atoms with van der Waals surface area (Å²) in [6.07, 6.45) is 1.05. The number of rotatable bonds is 2. The van der Waals surface area contributed by atoms with Crippen LogP contribution in [0.2, 0.25) is 0 Å². The Morgan fingerprint density at radius 3 is 2.43 bits per heavy atom. The molecule has 2 aromatic rings. The maximum absolute atomic E-state index is 5.68. The predicted molar refractivity (Wildman–Crippen MR) is 59.1 cm³/mol. The summed E-state index contributed by atoms with van der Waals surface area (Å²) in [5, 5.41) is 0. The first kappa shape index (κ1) is 9.15. The van der Waals surface area contributed by atoms with Crippen molar-refractivity contribution in [2.24, 2.45) is 0 Å². The molecule has 1 aromatic heterocycles. The standard InChI is InChI=1S/C10H11N3S/c1-2-7-3-5-8(6-4-7)9-10(11)13-14-12-9/h3-6H,2H2,1H3,(H2,11,13). The fourth-order valence-electron chi connectivity index (χ4n) is 1.29. The number of benzene rings is 1. The molecule has 0 amide bonds. The molecule has 4 heteroatoms. The number of anilines is 1. The van der Waals surface area contributed by atoms with Crippen LogP contribution in [0.4, 0.5) is 5.82 Å². The Labute approximate surface area is 86.9 Å². The Bertz CT molecular complexity index is 419. The molecule has 0 spiro atoms. The van der Waals surface area contributed by atoms with Gasteiger partial charge in [-0.25, -0.2) is 0 Å². The van der Waals surface area contributed by atoms with E-state index in [0.717, 1.165) is 29.4 Å². The van der Waals surface area contributed by atoms with Crippen molar-refractivity contribution < 1.29 is 0 Å². The van der Waals surface area contributed by atoms with Crippen LogP contribution in [0.3, 0.4) is 0 Å². The molecule has 0 aliphatic rings. The summed E-state index contributed by atoms with van der Waals surface area (Å²) < 4.78 is 8.09. The van der Waals surface area contributed by atoms with Gasteiger partial charge < -0.3 is 5.73 Å². The van der Waals surface area contributed by atoms with Crippen LogP contribution in [-0.4, -0.2) is 8.75 Å². The van der Waals surface area contributed by atoms with Crippen molar-refractivity contribution in [3.63, 3.8) is 0 Å². The van der Waals surface area contributed by atoms with E-state index < -0.39 is 0 Å². The van der Waals surface area contributed by atoms with Gasteiger partial charge in [-0.1, -0.05) is 31.2 Å².